The highest BCUT2D eigenvalue weighted by molar-refractivity contribution is 5.93. The van der Waals surface area contributed by atoms with Crippen LogP contribution in [0.15, 0.2) is 36.7 Å². The molecular formula is C15H18N4O3. The quantitative estimate of drug-likeness (QED) is 0.756. The molecule has 0 saturated heterocycles. The summed E-state index contributed by atoms with van der Waals surface area (Å²) >= 11 is 0. The lowest BCUT2D eigenvalue weighted by Crippen LogP contribution is -2.27. The average Bonchev–Trinajstić information content (AvgIpc) is 2.56. The Morgan fingerprint density at radius 2 is 1.91 bits per heavy atom. The molecule has 0 spiro atoms. The van der Waals surface area contributed by atoms with Crippen molar-refractivity contribution in [3.05, 3.63) is 42.2 Å². The van der Waals surface area contributed by atoms with Gasteiger partial charge < -0.3 is 20.1 Å². The molecule has 2 N–H and O–H groups in total. The van der Waals surface area contributed by atoms with Crippen LogP contribution in [-0.4, -0.2) is 43.2 Å². The number of rotatable bonds is 7. The summed E-state index contributed by atoms with van der Waals surface area (Å²) in [5.41, 5.74) is 1.14. The van der Waals surface area contributed by atoms with Crippen molar-refractivity contribution in [3.8, 4) is 5.75 Å². The van der Waals surface area contributed by atoms with Gasteiger partial charge in [-0.2, -0.15) is 0 Å². The van der Waals surface area contributed by atoms with Crippen molar-refractivity contribution < 1.29 is 14.3 Å². The Morgan fingerprint density at radius 1 is 1.18 bits per heavy atom. The molecule has 0 aliphatic heterocycles. The number of nitrogens with one attached hydrogen (secondary N) is 2. The molecule has 7 nitrogen and oxygen atoms in total. The molecule has 1 heterocycles. The molecule has 116 valence electrons. The summed E-state index contributed by atoms with van der Waals surface area (Å²) in [6.07, 6.45) is 2.93. The maximum Gasteiger partial charge on any atom is 0.254 e. The smallest absolute Gasteiger partial charge is 0.254 e. The lowest BCUT2D eigenvalue weighted by molar-refractivity contribution is 0.0936. The van der Waals surface area contributed by atoms with Gasteiger partial charge in [-0.25, -0.2) is 9.97 Å². The summed E-state index contributed by atoms with van der Waals surface area (Å²) in [4.78, 5) is 20.1. The number of para-hydroxylation sites is 2. The first-order valence-corrected chi connectivity index (χ1v) is 6.74. The minimum Gasteiger partial charge on any atom is -0.495 e. The summed E-state index contributed by atoms with van der Waals surface area (Å²) in [6.45, 7) is 0.899. The fourth-order valence-corrected chi connectivity index (χ4v) is 1.75. The molecule has 0 saturated carbocycles. The van der Waals surface area contributed by atoms with E-state index in [4.69, 9.17) is 9.47 Å². The molecule has 1 aromatic carbocycles. The predicted octanol–water partition coefficient (Wildman–Crippen LogP) is 1.60. The summed E-state index contributed by atoms with van der Waals surface area (Å²) in [7, 11) is 3.17. The van der Waals surface area contributed by atoms with E-state index in [0.717, 1.165) is 5.69 Å². The van der Waals surface area contributed by atoms with E-state index >= 15 is 0 Å². The van der Waals surface area contributed by atoms with Crippen LogP contribution in [0.3, 0.4) is 0 Å². The number of aromatic nitrogens is 2. The van der Waals surface area contributed by atoms with Crippen LogP contribution in [-0.2, 0) is 4.74 Å². The first-order chi connectivity index (χ1) is 10.7. The van der Waals surface area contributed by atoms with Gasteiger partial charge in [0.05, 0.1) is 25.0 Å². The van der Waals surface area contributed by atoms with Gasteiger partial charge in [0, 0.05) is 26.0 Å². The number of hydrogen-bond acceptors (Lipinski definition) is 6. The van der Waals surface area contributed by atoms with Gasteiger partial charge in [0.25, 0.3) is 5.91 Å². The number of anilines is 2. The number of ether oxygens (including phenoxy) is 2. The summed E-state index contributed by atoms with van der Waals surface area (Å²) in [6, 6.07) is 7.44. The third-order valence-corrected chi connectivity index (χ3v) is 2.86. The molecule has 0 fully saturated rings. The largest absolute Gasteiger partial charge is 0.495 e. The van der Waals surface area contributed by atoms with Crippen LogP contribution in [0.2, 0.25) is 0 Å². The van der Waals surface area contributed by atoms with Gasteiger partial charge >= 0.3 is 0 Å². The summed E-state index contributed by atoms with van der Waals surface area (Å²) in [5.74, 6) is 0.839. The maximum atomic E-state index is 11.8. The third-order valence-electron chi connectivity index (χ3n) is 2.86. The van der Waals surface area contributed by atoms with Crippen molar-refractivity contribution >= 4 is 17.5 Å². The van der Waals surface area contributed by atoms with Crippen LogP contribution in [0.25, 0.3) is 0 Å². The first kappa shape index (κ1) is 15.7. The zero-order chi connectivity index (χ0) is 15.8. The minimum absolute atomic E-state index is 0.235. The molecule has 0 aliphatic rings. The van der Waals surface area contributed by atoms with Gasteiger partial charge in [-0.1, -0.05) is 12.1 Å². The van der Waals surface area contributed by atoms with E-state index in [1.165, 1.54) is 12.4 Å². The highest BCUT2D eigenvalue weighted by atomic mass is 16.5. The Hall–Kier alpha value is -2.67. The molecule has 2 aromatic rings. The summed E-state index contributed by atoms with van der Waals surface area (Å²) in [5, 5.41) is 5.75. The molecule has 1 amide bonds. The zero-order valence-corrected chi connectivity index (χ0v) is 12.5. The second kappa shape index (κ2) is 7.94. The van der Waals surface area contributed by atoms with E-state index < -0.39 is 0 Å². The average molecular weight is 302 g/mol. The maximum absolute atomic E-state index is 11.8. The molecule has 1 aromatic heterocycles. The van der Waals surface area contributed by atoms with Gasteiger partial charge in [-0.3, -0.25) is 4.79 Å². The number of benzene rings is 1. The topological polar surface area (TPSA) is 85.4 Å². The molecule has 0 aliphatic carbocycles. The lowest BCUT2D eigenvalue weighted by Gasteiger charge is -2.09. The van der Waals surface area contributed by atoms with Crippen LogP contribution < -0.4 is 15.4 Å². The van der Waals surface area contributed by atoms with Gasteiger partial charge in [-0.05, 0) is 12.1 Å². The standard InChI is InChI=1S/C15H18N4O3/c1-21-8-7-16-14(20)11-9-17-15(18-10-11)19-12-5-3-4-6-13(12)22-2/h3-6,9-10H,7-8H2,1-2H3,(H,16,20)(H,17,18,19). The van der Waals surface area contributed by atoms with Gasteiger partial charge in [-0.15, -0.1) is 0 Å². The highest BCUT2D eigenvalue weighted by Crippen LogP contribution is 2.25. The number of nitrogens with zero attached hydrogens (tertiary/aromatic N) is 2. The summed E-state index contributed by atoms with van der Waals surface area (Å²) < 4.78 is 10.1. The van der Waals surface area contributed by atoms with Crippen molar-refractivity contribution in [1.29, 1.82) is 0 Å². The molecule has 0 atom stereocenters. The molecule has 0 unspecified atom stereocenters. The first-order valence-electron chi connectivity index (χ1n) is 6.74. The fourth-order valence-electron chi connectivity index (χ4n) is 1.75. The minimum atomic E-state index is -0.235. The highest BCUT2D eigenvalue weighted by Gasteiger charge is 2.08. The van der Waals surface area contributed by atoms with E-state index in [0.29, 0.717) is 30.4 Å². The van der Waals surface area contributed by atoms with Crippen molar-refractivity contribution in [2.75, 3.05) is 32.7 Å². The van der Waals surface area contributed by atoms with Gasteiger partial charge in [0.1, 0.15) is 5.75 Å². The van der Waals surface area contributed by atoms with Crippen molar-refractivity contribution in [2.45, 2.75) is 0 Å². The predicted molar refractivity (Wildman–Crippen MR) is 82.5 cm³/mol. The van der Waals surface area contributed by atoms with E-state index in [9.17, 15) is 4.79 Å². The van der Waals surface area contributed by atoms with Crippen molar-refractivity contribution in [3.63, 3.8) is 0 Å². The second-order valence-electron chi connectivity index (χ2n) is 4.37. The van der Waals surface area contributed by atoms with E-state index in [-0.39, 0.29) is 5.91 Å². The zero-order valence-electron chi connectivity index (χ0n) is 12.5. The normalized spacial score (nSPS) is 10.1. The van der Waals surface area contributed by atoms with Crippen molar-refractivity contribution in [1.82, 2.24) is 15.3 Å². The van der Waals surface area contributed by atoms with Crippen LogP contribution >= 0.6 is 0 Å². The van der Waals surface area contributed by atoms with Gasteiger partial charge in [0.2, 0.25) is 5.95 Å². The number of methoxy groups -OCH3 is 2. The van der Waals surface area contributed by atoms with E-state index in [1.54, 1.807) is 14.2 Å². The number of carbonyl (C=O) groups is 1. The van der Waals surface area contributed by atoms with Crippen LogP contribution in [0, 0.1) is 0 Å². The monoisotopic (exact) mass is 302 g/mol. The Morgan fingerprint density at radius 3 is 2.59 bits per heavy atom. The molecule has 2 rings (SSSR count). The third kappa shape index (κ3) is 4.16. The molecule has 7 heteroatoms. The molecule has 0 radical (unpaired) electrons. The Labute approximate surface area is 128 Å². The van der Waals surface area contributed by atoms with E-state index in [2.05, 4.69) is 20.6 Å². The van der Waals surface area contributed by atoms with E-state index in [1.807, 2.05) is 24.3 Å². The van der Waals surface area contributed by atoms with Crippen LogP contribution in [0.4, 0.5) is 11.6 Å². The Bertz CT molecular complexity index is 616. The second-order valence-corrected chi connectivity index (χ2v) is 4.37. The molecule has 22 heavy (non-hydrogen) atoms. The number of carbonyl (C=O) groups excluding carboxylic acids is 1. The van der Waals surface area contributed by atoms with Crippen LogP contribution in [0.5, 0.6) is 5.75 Å². The Kier molecular flexibility index (Phi) is 5.67. The Balaban J connectivity index is 2.01. The fraction of sp³-hybridized carbons (Fsp3) is 0.267. The van der Waals surface area contributed by atoms with Crippen molar-refractivity contribution in [2.24, 2.45) is 0 Å². The number of amides is 1. The molecular weight excluding hydrogens is 284 g/mol. The SMILES string of the molecule is COCCNC(=O)c1cnc(Nc2ccccc2OC)nc1. The molecule has 0 bridgehead atoms. The number of hydrogen-bond donors (Lipinski definition) is 2. The lowest BCUT2D eigenvalue weighted by atomic mass is 10.3. The van der Waals surface area contributed by atoms with Gasteiger partial charge in [0.15, 0.2) is 0 Å². The van der Waals surface area contributed by atoms with Crippen LogP contribution in [0.1, 0.15) is 10.4 Å².